The summed E-state index contributed by atoms with van der Waals surface area (Å²) in [6, 6.07) is 11.1. The number of aryl methyl sites for hydroxylation is 3. The Hall–Kier alpha value is -3.37. The second kappa shape index (κ2) is 7.71. The van der Waals surface area contributed by atoms with Crippen LogP contribution in [-0.4, -0.2) is 34.2 Å². The highest BCUT2D eigenvalue weighted by Gasteiger charge is 2.27. The number of hydrogen-bond acceptors (Lipinski definition) is 5. The lowest BCUT2D eigenvalue weighted by Crippen LogP contribution is -2.31. The fraction of sp³-hybridized carbons (Fsp3) is 0.238. The highest BCUT2D eigenvalue weighted by atomic mass is 32.2. The maximum atomic E-state index is 13.4. The first-order chi connectivity index (χ1) is 14.7. The summed E-state index contributed by atoms with van der Waals surface area (Å²) < 4.78 is 39.4. The molecule has 4 aromatic rings. The van der Waals surface area contributed by atoms with Gasteiger partial charge in [0.1, 0.15) is 17.6 Å². The Morgan fingerprint density at radius 2 is 1.77 bits per heavy atom. The van der Waals surface area contributed by atoms with Gasteiger partial charge in [0.15, 0.2) is 0 Å². The number of aromatic nitrogens is 4. The molecule has 0 aliphatic carbocycles. The Kier molecular flexibility index (Phi) is 5.19. The molecule has 2 heterocycles. The lowest BCUT2D eigenvalue weighted by atomic mass is 10.1. The molecule has 0 radical (unpaired) electrons. The van der Waals surface area contributed by atoms with Crippen molar-refractivity contribution in [3.8, 4) is 5.75 Å². The average molecular weight is 442 g/mol. The molecule has 0 saturated heterocycles. The Morgan fingerprint density at radius 3 is 2.45 bits per heavy atom. The van der Waals surface area contributed by atoms with E-state index in [4.69, 9.17) is 4.74 Å². The van der Waals surface area contributed by atoms with E-state index in [0.29, 0.717) is 28.2 Å². The van der Waals surface area contributed by atoms with Gasteiger partial charge >= 0.3 is 5.69 Å². The van der Waals surface area contributed by atoms with Gasteiger partial charge in [-0.25, -0.2) is 18.2 Å². The summed E-state index contributed by atoms with van der Waals surface area (Å²) in [6.45, 7) is 0. The molecule has 0 aliphatic rings. The van der Waals surface area contributed by atoms with Crippen LogP contribution in [0.15, 0.2) is 64.5 Å². The largest absolute Gasteiger partial charge is 0.497 e. The second-order valence-corrected chi connectivity index (χ2v) is 8.99. The van der Waals surface area contributed by atoms with Gasteiger partial charge in [-0.2, -0.15) is 4.72 Å². The number of nitrogens with one attached hydrogen (secondary N) is 1. The van der Waals surface area contributed by atoms with Crippen LogP contribution in [-0.2, 0) is 31.2 Å². The van der Waals surface area contributed by atoms with E-state index < -0.39 is 16.1 Å². The van der Waals surface area contributed by atoms with E-state index in [1.54, 1.807) is 69.5 Å². The summed E-state index contributed by atoms with van der Waals surface area (Å²) in [5.74, 6) is 1.14. The molecule has 10 heteroatoms. The van der Waals surface area contributed by atoms with Crippen molar-refractivity contribution in [3.05, 3.63) is 76.7 Å². The average Bonchev–Trinajstić information content (AvgIpc) is 3.29. The predicted molar refractivity (Wildman–Crippen MR) is 117 cm³/mol. The normalized spacial score (nSPS) is 12.9. The fourth-order valence-electron chi connectivity index (χ4n) is 3.62. The van der Waals surface area contributed by atoms with Crippen molar-refractivity contribution in [1.82, 2.24) is 23.4 Å². The number of imidazole rings is 2. The Morgan fingerprint density at radius 1 is 1.03 bits per heavy atom. The maximum Gasteiger partial charge on any atom is 0.328 e. The van der Waals surface area contributed by atoms with Crippen LogP contribution in [0.3, 0.4) is 0 Å². The number of ether oxygens (including phenoxy) is 1. The number of methoxy groups -OCH3 is 1. The third-order valence-electron chi connectivity index (χ3n) is 5.37. The highest BCUT2D eigenvalue weighted by molar-refractivity contribution is 7.89. The van der Waals surface area contributed by atoms with E-state index in [1.165, 1.54) is 21.3 Å². The number of benzene rings is 2. The van der Waals surface area contributed by atoms with Crippen LogP contribution in [0.5, 0.6) is 5.75 Å². The van der Waals surface area contributed by atoms with Gasteiger partial charge < -0.3 is 9.30 Å². The van der Waals surface area contributed by atoms with Crippen molar-refractivity contribution in [2.45, 2.75) is 10.9 Å². The molecule has 0 amide bonds. The minimum atomic E-state index is -3.95. The SMILES string of the molecule is COc1cccc(C(NS(=O)(=O)c2ccc3c(c2)n(C)c(=O)n3C)c2nccn2C)c1. The van der Waals surface area contributed by atoms with Gasteiger partial charge in [0.2, 0.25) is 10.0 Å². The van der Waals surface area contributed by atoms with Gasteiger partial charge in [-0.3, -0.25) is 9.13 Å². The molecular formula is C21H23N5O4S. The molecule has 0 saturated carbocycles. The van der Waals surface area contributed by atoms with Gasteiger partial charge in [-0.1, -0.05) is 12.1 Å². The maximum absolute atomic E-state index is 13.4. The lowest BCUT2D eigenvalue weighted by molar-refractivity contribution is 0.413. The number of nitrogens with zero attached hydrogens (tertiary/aromatic N) is 4. The standard InChI is InChI=1S/C21H23N5O4S/c1-24-11-10-22-20(24)19(14-6-5-7-15(12-14)30-4)23-31(28,29)16-8-9-17-18(13-16)26(3)21(27)25(17)2/h5-13,19,23H,1-4H3. The summed E-state index contributed by atoms with van der Waals surface area (Å²) in [5.41, 5.74) is 1.65. The molecule has 0 aliphatic heterocycles. The van der Waals surface area contributed by atoms with Crippen molar-refractivity contribution in [1.29, 1.82) is 0 Å². The third kappa shape index (κ3) is 3.64. The zero-order valence-electron chi connectivity index (χ0n) is 17.6. The minimum Gasteiger partial charge on any atom is -0.497 e. The molecule has 0 bridgehead atoms. The van der Waals surface area contributed by atoms with E-state index in [0.717, 1.165) is 0 Å². The Bertz CT molecular complexity index is 1430. The first-order valence-corrected chi connectivity index (χ1v) is 11.0. The quantitative estimate of drug-likeness (QED) is 0.491. The summed E-state index contributed by atoms with van der Waals surface area (Å²) in [5, 5.41) is 0. The first kappa shape index (κ1) is 20.9. The second-order valence-electron chi connectivity index (χ2n) is 7.28. The molecule has 4 rings (SSSR count). The summed E-state index contributed by atoms with van der Waals surface area (Å²) in [6.07, 6.45) is 3.37. The van der Waals surface area contributed by atoms with Crippen LogP contribution in [0, 0.1) is 0 Å². The molecule has 9 nitrogen and oxygen atoms in total. The van der Waals surface area contributed by atoms with Crippen LogP contribution in [0.2, 0.25) is 0 Å². The molecule has 1 unspecified atom stereocenters. The van der Waals surface area contributed by atoms with E-state index in [-0.39, 0.29) is 10.6 Å². The van der Waals surface area contributed by atoms with E-state index >= 15 is 0 Å². The van der Waals surface area contributed by atoms with Gasteiger partial charge in [-0.15, -0.1) is 0 Å². The van der Waals surface area contributed by atoms with Gasteiger partial charge in [-0.05, 0) is 35.9 Å². The molecular weight excluding hydrogens is 418 g/mol. The van der Waals surface area contributed by atoms with Gasteiger partial charge in [0.25, 0.3) is 0 Å². The zero-order chi connectivity index (χ0) is 22.3. The molecule has 162 valence electrons. The third-order valence-corrected chi connectivity index (χ3v) is 6.79. The molecule has 0 fully saturated rings. The molecule has 1 N–H and O–H groups in total. The smallest absolute Gasteiger partial charge is 0.328 e. The van der Waals surface area contributed by atoms with E-state index in [2.05, 4.69) is 9.71 Å². The van der Waals surface area contributed by atoms with Gasteiger partial charge in [0, 0.05) is 33.5 Å². The summed E-state index contributed by atoms with van der Waals surface area (Å²) in [4.78, 5) is 16.6. The van der Waals surface area contributed by atoms with Crippen molar-refractivity contribution in [3.63, 3.8) is 0 Å². The summed E-state index contributed by atoms with van der Waals surface area (Å²) in [7, 11) is 2.67. The number of rotatable bonds is 6. The molecule has 1 atom stereocenters. The van der Waals surface area contributed by atoms with Crippen LogP contribution in [0.1, 0.15) is 17.4 Å². The number of hydrogen-bond donors (Lipinski definition) is 1. The monoisotopic (exact) mass is 441 g/mol. The lowest BCUT2D eigenvalue weighted by Gasteiger charge is -2.20. The molecule has 2 aromatic heterocycles. The Balaban J connectivity index is 1.80. The highest BCUT2D eigenvalue weighted by Crippen LogP contribution is 2.27. The molecule has 31 heavy (non-hydrogen) atoms. The fourth-order valence-corrected chi connectivity index (χ4v) is 4.83. The number of fused-ring (bicyclic) bond motifs is 1. The van der Waals surface area contributed by atoms with Gasteiger partial charge in [0.05, 0.1) is 23.0 Å². The van der Waals surface area contributed by atoms with Crippen LogP contribution in [0.4, 0.5) is 0 Å². The number of sulfonamides is 1. The van der Waals surface area contributed by atoms with Crippen molar-refractivity contribution in [2.24, 2.45) is 21.1 Å². The first-order valence-electron chi connectivity index (χ1n) is 9.52. The van der Waals surface area contributed by atoms with Crippen LogP contribution in [0.25, 0.3) is 11.0 Å². The minimum absolute atomic E-state index is 0.0586. The van der Waals surface area contributed by atoms with E-state index in [9.17, 15) is 13.2 Å². The van der Waals surface area contributed by atoms with Crippen molar-refractivity contribution >= 4 is 21.1 Å². The van der Waals surface area contributed by atoms with E-state index in [1.807, 2.05) is 6.07 Å². The predicted octanol–water partition coefficient (Wildman–Crippen LogP) is 1.69. The topological polar surface area (TPSA) is 100 Å². The van der Waals surface area contributed by atoms with Crippen molar-refractivity contribution in [2.75, 3.05) is 7.11 Å². The zero-order valence-corrected chi connectivity index (χ0v) is 18.4. The van der Waals surface area contributed by atoms with Crippen LogP contribution >= 0.6 is 0 Å². The summed E-state index contributed by atoms with van der Waals surface area (Å²) >= 11 is 0. The molecule has 0 spiro atoms. The Labute approximate surface area is 179 Å². The molecule has 2 aromatic carbocycles. The van der Waals surface area contributed by atoms with Crippen LogP contribution < -0.4 is 15.1 Å². The van der Waals surface area contributed by atoms with Crippen molar-refractivity contribution < 1.29 is 13.2 Å².